The minimum Gasteiger partial charge on any atom is -0.429 e. The van der Waals surface area contributed by atoms with Crippen LogP contribution in [-0.4, -0.2) is 30.5 Å². The average molecular weight is 358 g/mol. The molecule has 7 heteroatoms. The summed E-state index contributed by atoms with van der Waals surface area (Å²) in [7, 11) is 1.68. The molecule has 0 amide bonds. The Bertz CT molecular complexity index is 562. The van der Waals surface area contributed by atoms with E-state index in [0.29, 0.717) is 18.3 Å². The second kappa shape index (κ2) is 7.68. The molecule has 1 aromatic carbocycles. The Kier molecular flexibility index (Phi) is 5.90. The first-order chi connectivity index (χ1) is 9.69. The predicted molar refractivity (Wildman–Crippen MR) is 82.4 cm³/mol. The number of nitrogens with one attached hydrogen (secondary N) is 1. The van der Waals surface area contributed by atoms with Gasteiger partial charge in [-0.2, -0.15) is 0 Å². The van der Waals surface area contributed by atoms with E-state index >= 15 is 0 Å². The van der Waals surface area contributed by atoms with Crippen molar-refractivity contribution in [1.29, 1.82) is 0 Å². The number of aromatic nitrogens is 2. The lowest BCUT2D eigenvalue weighted by Crippen LogP contribution is -2.18. The van der Waals surface area contributed by atoms with E-state index in [0.717, 1.165) is 21.8 Å². The lowest BCUT2D eigenvalue weighted by atomic mass is 10.2. The van der Waals surface area contributed by atoms with E-state index in [2.05, 4.69) is 31.4 Å². The molecule has 0 radical (unpaired) electrons. The first kappa shape index (κ1) is 15.4. The standard InChI is InChI=1S/C13H16BrN3O2S/c1-9-3-4-11(10(14)7-9)19-13-17-16-12(20-13)8-15-5-6-18-2/h3-4,7,15H,5-6,8H2,1-2H3. The van der Waals surface area contributed by atoms with Crippen molar-refractivity contribution in [3.05, 3.63) is 33.2 Å². The first-order valence-electron chi connectivity index (χ1n) is 6.15. The highest BCUT2D eigenvalue weighted by atomic mass is 79.9. The van der Waals surface area contributed by atoms with Gasteiger partial charge in [-0.1, -0.05) is 22.5 Å². The topological polar surface area (TPSA) is 56.3 Å². The van der Waals surface area contributed by atoms with E-state index in [9.17, 15) is 0 Å². The van der Waals surface area contributed by atoms with Crippen LogP contribution in [0.15, 0.2) is 22.7 Å². The van der Waals surface area contributed by atoms with Crippen LogP contribution >= 0.6 is 27.3 Å². The third-order valence-electron chi connectivity index (χ3n) is 2.49. The summed E-state index contributed by atoms with van der Waals surface area (Å²) in [5.41, 5.74) is 1.17. The van der Waals surface area contributed by atoms with E-state index in [1.165, 1.54) is 16.9 Å². The molecule has 0 saturated heterocycles. The van der Waals surface area contributed by atoms with Gasteiger partial charge in [-0.05, 0) is 40.5 Å². The zero-order valence-corrected chi connectivity index (χ0v) is 13.8. The Morgan fingerprint density at radius 3 is 2.95 bits per heavy atom. The third-order valence-corrected chi connectivity index (χ3v) is 3.91. The molecule has 20 heavy (non-hydrogen) atoms. The van der Waals surface area contributed by atoms with Crippen LogP contribution in [0.3, 0.4) is 0 Å². The van der Waals surface area contributed by atoms with Crippen LogP contribution in [-0.2, 0) is 11.3 Å². The van der Waals surface area contributed by atoms with E-state index < -0.39 is 0 Å². The summed E-state index contributed by atoms with van der Waals surface area (Å²) >= 11 is 4.91. The molecule has 1 aromatic heterocycles. The molecule has 0 bridgehead atoms. The van der Waals surface area contributed by atoms with E-state index in [1.54, 1.807) is 7.11 Å². The second-order valence-electron chi connectivity index (χ2n) is 4.17. The zero-order chi connectivity index (χ0) is 14.4. The summed E-state index contributed by atoms with van der Waals surface area (Å²) in [6, 6.07) is 5.91. The van der Waals surface area contributed by atoms with Gasteiger partial charge in [0.1, 0.15) is 10.8 Å². The van der Waals surface area contributed by atoms with Crippen molar-refractivity contribution in [2.75, 3.05) is 20.3 Å². The minimum absolute atomic E-state index is 0.540. The number of hydrogen-bond donors (Lipinski definition) is 1. The highest BCUT2D eigenvalue weighted by molar-refractivity contribution is 9.10. The molecule has 0 spiro atoms. The van der Waals surface area contributed by atoms with Crippen LogP contribution in [0.2, 0.25) is 0 Å². The van der Waals surface area contributed by atoms with Crippen molar-refractivity contribution in [1.82, 2.24) is 15.5 Å². The molecule has 0 aliphatic heterocycles. The predicted octanol–water partition coefficient (Wildman–Crippen LogP) is 3.14. The molecular formula is C13H16BrN3O2S. The van der Waals surface area contributed by atoms with Crippen molar-refractivity contribution in [3.63, 3.8) is 0 Å². The molecule has 0 aliphatic rings. The highest BCUT2D eigenvalue weighted by Crippen LogP contribution is 2.31. The van der Waals surface area contributed by atoms with Crippen molar-refractivity contribution in [2.24, 2.45) is 0 Å². The number of aryl methyl sites for hydroxylation is 1. The second-order valence-corrected chi connectivity index (χ2v) is 6.05. The average Bonchev–Trinajstić information content (AvgIpc) is 2.86. The minimum atomic E-state index is 0.540. The quantitative estimate of drug-likeness (QED) is 0.771. The van der Waals surface area contributed by atoms with Crippen LogP contribution in [0.25, 0.3) is 0 Å². The molecule has 1 heterocycles. The molecule has 0 saturated carbocycles. The van der Waals surface area contributed by atoms with Gasteiger partial charge in [0, 0.05) is 20.2 Å². The van der Waals surface area contributed by atoms with Gasteiger partial charge in [0.05, 0.1) is 11.1 Å². The summed E-state index contributed by atoms with van der Waals surface area (Å²) in [4.78, 5) is 0. The molecule has 0 atom stereocenters. The van der Waals surface area contributed by atoms with Crippen LogP contribution in [0.1, 0.15) is 10.6 Å². The van der Waals surface area contributed by atoms with E-state index in [4.69, 9.17) is 9.47 Å². The van der Waals surface area contributed by atoms with Gasteiger partial charge in [0.2, 0.25) is 0 Å². The van der Waals surface area contributed by atoms with Crippen LogP contribution in [0, 0.1) is 6.92 Å². The van der Waals surface area contributed by atoms with Gasteiger partial charge in [-0.3, -0.25) is 0 Å². The lowest BCUT2D eigenvalue weighted by Gasteiger charge is -2.04. The molecule has 1 N–H and O–H groups in total. The number of benzene rings is 1. The largest absolute Gasteiger partial charge is 0.429 e. The summed E-state index contributed by atoms with van der Waals surface area (Å²) in [6.07, 6.45) is 0. The Morgan fingerprint density at radius 1 is 1.35 bits per heavy atom. The molecule has 2 rings (SSSR count). The Hall–Kier alpha value is -1.02. The fourth-order valence-corrected chi connectivity index (χ4v) is 2.75. The fraction of sp³-hybridized carbons (Fsp3) is 0.385. The van der Waals surface area contributed by atoms with Gasteiger partial charge in [-0.25, -0.2) is 0 Å². The summed E-state index contributed by atoms with van der Waals surface area (Å²) in [5.74, 6) is 0.741. The summed E-state index contributed by atoms with van der Waals surface area (Å²) < 4.78 is 11.6. The molecule has 0 fully saturated rings. The van der Waals surface area contributed by atoms with Gasteiger partial charge in [-0.15, -0.1) is 5.10 Å². The molecular weight excluding hydrogens is 342 g/mol. The number of methoxy groups -OCH3 is 1. The normalized spacial score (nSPS) is 10.8. The maximum absolute atomic E-state index is 5.72. The monoisotopic (exact) mass is 357 g/mol. The maximum atomic E-state index is 5.72. The van der Waals surface area contributed by atoms with Gasteiger partial charge in [0.15, 0.2) is 0 Å². The van der Waals surface area contributed by atoms with Crippen molar-refractivity contribution < 1.29 is 9.47 Å². The molecule has 5 nitrogen and oxygen atoms in total. The third kappa shape index (κ3) is 4.52. The van der Waals surface area contributed by atoms with Crippen molar-refractivity contribution >= 4 is 27.3 Å². The van der Waals surface area contributed by atoms with Gasteiger partial charge in [0.25, 0.3) is 5.19 Å². The number of ether oxygens (including phenoxy) is 2. The highest BCUT2D eigenvalue weighted by Gasteiger charge is 2.08. The van der Waals surface area contributed by atoms with Crippen LogP contribution < -0.4 is 10.1 Å². The van der Waals surface area contributed by atoms with Gasteiger partial charge >= 0.3 is 0 Å². The Balaban J connectivity index is 1.92. The van der Waals surface area contributed by atoms with Crippen molar-refractivity contribution in [3.8, 4) is 10.9 Å². The maximum Gasteiger partial charge on any atom is 0.299 e. The van der Waals surface area contributed by atoms with E-state index in [1.807, 2.05) is 25.1 Å². The number of halogens is 1. The number of nitrogens with zero attached hydrogens (tertiary/aromatic N) is 2. The first-order valence-corrected chi connectivity index (χ1v) is 7.76. The van der Waals surface area contributed by atoms with E-state index in [-0.39, 0.29) is 0 Å². The zero-order valence-electron chi connectivity index (χ0n) is 11.4. The molecule has 0 aliphatic carbocycles. The molecule has 108 valence electrons. The lowest BCUT2D eigenvalue weighted by molar-refractivity contribution is 0.199. The Morgan fingerprint density at radius 2 is 2.20 bits per heavy atom. The summed E-state index contributed by atoms with van der Waals surface area (Å²) in [6.45, 7) is 4.16. The van der Waals surface area contributed by atoms with Crippen molar-refractivity contribution in [2.45, 2.75) is 13.5 Å². The fourth-order valence-electron chi connectivity index (χ4n) is 1.50. The molecule has 2 aromatic rings. The number of rotatable bonds is 7. The summed E-state index contributed by atoms with van der Waals surface area (Å²) in [5, 5.41) is 12.8. The SMILES string of the molecule is COCCNCc1nnc(Oc2ccc(C)cc2Br)s1. The smallest absolute Gasteiger partial charge is 0.299 e. The number of hydrogen-bond acceptors (Lipinski definition) is 6. The Labute approximate surface area is 130 Å². The van der Waals surface area contributed by atoms with Crippen LogP contribution in [0.4, 0.5) is 0 Å². The van der Waals surface area contributed by atoms with Gasteiger partial charge < -0.3 is 14.8 Å². The van der Waals surface area contributed by atoms with Crippen LogP contribution in [0.5, 0.6) is 10.9 Å². The molecule has 0 unspecified atom stereocenters.